The lowest BCUT2D eigenvalue weighted by Crippen LogP contribution is -2.49. The van der Waals surface area contributed by atoms with Crippen molar-refractivity contribution in [2.75, 3.05) is 13.1 Å². The van der Waals surface area contributed by atoms with Gasteiger partial charge in [-0.05, 0) is 56.0 Å². The van der Waals surface area contributed by atoms with E-state index in [-0.39, 0.29) is 29.1 Å². The van der Waals surface area contributed by atoms with Crippen molar-refractivity contribution < 1.29 is 32.3 Å². The molecule has 0 saturated carbocycles. The average molecular weight is 486 g/mol. The van der Waals surface area contributed by atoms with Gasteiger partial charge in [-0.1, -0.05) is 23.4 Å². The summed E-state index contributed by atoms with van der Waals surface area (Å²) in [5.41, 5.74) is 3.35. The Morgan fingerprint density at radius 3 is 2.60 bits per heavy atom. The van der Waals surface area contributed by atoms with Gasteiger partial charge >= 0.3 is 12.1 Å². The maximum atomic E-state index is 13.9. The highest BCUT2D eigenvalue weighted by Gasteiger charge is 2.37. The number of benzene rings is 2. The molecule has 0 unspecified atom stereocenters. The molecule has 0 amide bonds. The number of carbonyl (C=O) groups is 1. The van der Waals surface area contributed by atoms with Gasteiger partial charge in [0.2, 0.25) is 0 Å². The maximum Gasteiger partial charge on any atom is 0.417 e. The number of ether oxygens (including phenoxy) is 1. The van der Waals surface area contributed by atoms with Gasteiger partial charge in [0.1, 0.15) is 11.4 Å². The Balaban J connectivity index is 1.44. The third-order valence-electron chi connectivity index (χ3n) is 6.48. The van der Waals surface area contributed by atoms with E-state index in [0.717, 1.165) is 22.8 Å². The van der Waals surface area contributed by atoms with E-state index < -0.39 is 17.7 Å². The standard InChI is InChI=1S/C26H25F3N2O4/c1-14(2)34-18-5-8-20(22(10-18)26(27,28)29)24-21-7-4-16-9-15(3-6-19(16)23(21)30-35-24)11-31-12-17(13-31)25(32)33/h3,5-6,8-10,14,17H,4,7,11-13H2,1-2H3,(H,32,33). The van der Waals surface area contributed by atoms with Gasteiger partial charge in [-0.25, -0.2) is 0 Å². The predicted octanol–water partition coefficient (Wildman–Crippen LogP) is 5.43. The third kappa shape index (κ3) is 4.52. The fourth-order valence-electron chi connectivity index (χ4n) is 4.82. The molecule has 2 aromatic carbocycles. The number of fused-ring (bicyclic) bond motifs is 3. The smallest absolute Gasteiger partial charge is 0.417 e. The summed E-state index contributed by atoms with van der Waals surface area (Å²) < 4.78 is 52.8. The number of aryl methyl sites for hydroxylation is 1. The van der Waals surface area contributed by atoms with Crippen molar-refractivity contribution in [1.82, 2.24) is 10.1 Å². The van der Waals surface area contributed by atoms with Crippen LogP contribution in [0.4, 0.5) is 13.2 Å². The second-order valence-corrected chi connectivity index (χ2v) is 9.43. The number of hydrogen-bond acceptors (Lipinski definition) is 5. The maximum absolute atomic E-state index is 13.9. The molecule has 3 aromatic rings. The molecular formula is C26H25F3N2O4. The molecule has 1 fully saturated rings. The zero-order valence-electron chi connectivity index (χ0n) is 19.4. The number of aliphatic carboxylic acids is 1. The largest absolute Gasteiger partial charge is 0.491 e. The summed E-state index contributed by atoms with van der Waals surface area (Å²) >= 11 is 0. The van der Waals surface area contributed by atoms with Crippen LogP contribution in [0.2, 0.25) is 0 Å². The van der Waals surface area contributed by atoms with Crippen LogP contribution in [-0.2, 0) is 30.4 Å². The highest BCUT2D eigenvalue weighted by Crippen LogP contribution is 2.44. The van der Waals surface area contributed by atoms with Gasteiger partial charge in [0.25, 0.3) is 0 Å². The Morgan fingerprint density at radius 1 is 1.17 bits per heavy atom. The second-order valence-electron chi connectivity index (χ2n) is 9.43. The fraction of sp³-hybridized carbons (Fsp3) is 0.385. The highest BCUT2D eigenvalue weighted by atomic mass is 19.4. The molecule has 0 atom stereocenters. The van der Waals surface area contributed by atoms with Crippen molar-refractivity contribution in [2.45, 2.75) is 45.5 Å². The first kappa shape index (κ1) is 23.4. The van der Waals surface area contributed by atoms with Gasteiger partial charge in [0.15, 0.2) is 5.76 Å². The average Bonchev–Trinajstić information content (AvgIpc) is 3.19. The molecule has 0 bridgehead atoms. The van der Waals surface area contributed by atoms with Crippen LogP contribution >= 0.6 is 0 Å². The Morgan fingerprint density at radius 2 is 1.91 bits per heavy atom. The minimum absolute atomic E-state index is 0.0480. The molecule has 1 aromatic heterocycles. The number of nitrogens with zero attached hydrogens (tertiary/aromatic N) is 2. The number of carboxylic acid groups (broad SMARTS) is 1. The molecule has 9 heteroatoms. The van der Waals surface area contributed by atoms with Crippen LogP contribution < -0.4 is 4.74 Å². The van der Waals surface area contributed by atoms with Crippen molar-refractivity contribution in [2.24, 2.45) is 5.92 Å². The number of alkyl halides is 3. The summed E-state index contributed by atoms with van der Waals surface area (Å²) in [6.07, 6.45) is -3.67. The summed E-state index contributed by atoms with van der Waals surface area (Å²) in [4.78, 5) is 13.1. The molecule has 1 aliphatic carbocycles. The number of halogens is 3. The van der Waals surface area contributed by atoms with Gasteiger partial charge < -0.3 is 14.4 Å². The molecule has 6 nitrogen and oxygen atoms in total. The number of carboxylic acids is 1. The van der Waals surface area contributed by atoms with Crippen LogP contribution in [0.15, 0.2) is 40.9 Å². The lowest BCUT2D eigenvalue weighted by atomic mass is 9.86. The van der Waals surface area contributed by atoms with Crippen molar-refractivity contribution in [1.29, 1.82) is 0 Å². The molecule has 1 N–H and O–H groups in total. The van der Waals surface area contributed by atoms with Crippen LogP contribution in [-0.4, -0.2) is 40.3 Å². The summed E-state index contributed by atoms with van der Waals surface area (Å²) in [6.45, 7) is 5.24. The predicted molar refractivity (Wildman–Crippen MR) is 122 cm³/mol. The van der Waals surface area contributed by atoms with E-state index in [0.29, 0.717) is 43.7 Å². The lowest BCUT2D eigenvalue weighted by Gasteiger charge is -2.36. The minimum atomic E-state index is -4.58. The first-order valence-electron chi connectivity index (χ1n) is 11.5. The first-order chi connectivity index (χ1) is 16.6. The van der Waals surface area contributed by atoms with E-state index in [1.807, 2.05) is 12.1 Å². The Labute approximate surface area is 200 Å². The molecule has 0 spiro atoms. The van der Waals surface area contributed by atoms with Crippen molar-refractivity contribution in [3.8, 4) is 28.3 Å². The molecule has 184 valence electrons. The van der Waals surface area contributed by atoms with E-state index >= 15 is 0 Å². The van der Waals surface area contributed by atoms with E-state index in [1.165, 1.54) is 12.1 Å². The van der Waals surface area contributed by atoms with Crippen molar-refractivity contribution in [3.63, 3.8) is 0 Å². The minimum Gasteiger partial charge on any atom is -0.491 e. The van der Waals surface area contributed by atoms with Gasteiger partial charge in [-0.15, -0.1) is 0 Å². The van der Waals surface area contributed by atoms with Crippen LogP contribution in [0, 0.1) is 5.92 Å². The van der Waals surface area contributed by atoms with Crippen molar-refractivity contribution in [3.05, 3.63) is 58.7 Å². The SMILES string of the molecule is CC(C)Oc1ccc(-c2onc3c2CCc2cc(CN4CC(C(=O)O)C4)ccc2-3)c(C(F)(F)F)c1. The summed E-state index contributed by atoms with van der Waals surface area (Å²) in [6, 6.07) is 9.87. The molecule has 2 heterocycles. The van der Waals surface area contributed by atoms with Crippen LogP contribution in [0.25, 0.3) is 22.6 Å². The zero-order chi connectivity index (χ0) is 24.9. The Bertz CT molecular complexity index is 1280. The second kappa shape index (κ2) is 8.71. The van der Waals surface area contributed by atoms with E-state index in [1.54, 1.807) is 13.8 Å². The monoisotopic (exact) mass is 486 g/mol. The molecule has 0 radical (unpaired) electrons. The van der Waals surface area contributed by atoms with Gasteiger partial charge in [0.05, 0.1) is 17.6 Å². The summed E-state index contributed by atoms with van der Waals surface area (Å²) in [5, 5.41) is 13.2. The van der Waals surface area contributed by atoms with Gasteiger partial charge in [-0.3, -0.25) is 9.69 Å². The van der Waals surface area contributed by atoms with E-state index in [2.05, 4.69) is 16.1 Å². The normalized spacial score (nSPS) is 16.1. The molecule has 35 heavy (non-hydrogen) atoms. The summed E-state index contributed by atoms with van der Waals surface area (Å²) in [7, 11) is 0. The first-order valence-corrected chi connectivity index (χ1v) is 11.5. The van der Waals surface area contributed by atoms with Crippen LogP contribution in [0.1, 0.15) is 36.1 Å². The third-order valence-corrected chi connectivity index (χ3v) is 6.48. The zero-order valence-corrected chi connectivity index (χ0v) is 19.4. The van der Waals surface area contributed by atoms with E-state index in [9.17, 15) is 18.0 Å². The Kier molecular flexibility index (Phi) is 5.83. The van der Waals surface area contributed by atoms with Crippen molar-refractivity contribution >= 4 is 5.97 Å². The van der Waals surface area contributed by atoms with Crippen LogP contribution in [0.3, 0.4) is 0 Å². The quantitative estimate of drug-likeness (QED) is 0.501. The van der Waals surface area contributed by atoms with Gasteiger partial charge in [-0.2, -0.15) is 13.2 Å². The number of likely N-dealkylation sites (tertiary alicyclic amines) is 1. The molecule has 1 saturated heterocycles. The fourth-order valence-corrected chi connectivity index (χ4v) is 4.82. The topological polar surface area (TPSA) is 75.8 Å². The molecular weight excluding hydrogens is 461 g/mol. The lowest BCUT2D eigenvalue weighted by molar-refractivity contribution is -0.147. The highest BCUT2D eigenvalue weighted by molar-refractivity contribution is 5.78. The molecule has 2 aliphatic rings. The molecule has 5 rings (SSSR count). The number of aromatic nitrogens is 1. The Hall–Kier alpha value is -3.33. The van der Waals surface area contributed by atoms with Crippen LogP contribution in [0.5, 0.6) is 5.75 Å². The molecule has 1 aliphatic heterocycles. The number of hydrogen-bond donors (Lipinski definition) is 1. The van der Waals surface area contributed by atoms with E-state index in [4.69, 9.17) is 14.4 Å². The summed E-state index contributed by atoms with van der Waals surface area (Å²) in [5.74, 6) is -0.786. The van der Waals surface area contributed by atoms with Gasteiger partial charge in [0, 0.05) is 36.3 Å². The number of rotatable bonds is 6.